The Morgan fingerprint density at radius 2 is 1.67 bits per heavy atom. The molecule has 5 aromatic rings. The molecule has 0 N–H and O–H groups in total. The molecule has 24 heavy (non-hydrogen) atoms. The molecular weight excluding hydrogens is 314 g/mol. The second-order valence-corrected chi connectivity index (χ2v) is 7.28. The van der Waals surface area contributed by atoms with Crippen molar-refractivity contribution < 1.29 is 8.98 Å². The van der Waals surface area contributed by atoms with Crippen molar-refractivity contribution in [3.8, 4) is 11.5 Å². The minimum absolute atomic E-state index is 0.907. The summed E-state index contributed by atoms with van der Waals surface area (Å²) >= 11 is 1.82. The number of fused-ring (bicyclic) bond motifs is 4. The lowest BCUT2D eigenvalue weighted by molar-refractivity contribution is -0.637. The molecule has 116 valence electrons. The number of oxazole rings is 1. The molecule has 0 aliphatic heterocycles. The summed E-state index contributed by atoms with van der Waals surface area (Å²) in [5.74, 6) is 0.907. The van der Waals surface area contributed by atoms with E-state index in [-0.39, 0.29) is 0 Å². The number of aromatic nitrogens is 1. The fourth-order valence-corrected chi connectivity index (χ4v) is 4.53. The monoisotopic (exact) mass is 330 g/mol. The van der Waals surface area contributed by atoms with Crippen LogP contribution in [0.5, 0.6) is 0 Å². The molecule has 0 aliphatic rings. The number of hydrogen-bond donors (Lipinski definition) is 0. The third kappa shape index (κ3) is 1.85. The molecule has 3 aromatic carbocycles. The van der Waals surface area contributed by atoms with Gasteiger partial charge >= 0.3 is 5.89 Å². The number of rotatable bonds is 1. The van der Waals surface area contributed by atoms with Crippen molar-refractivity contribution in [2.24, 2.45) is 7.05 Å². The van der Waals surface area contributed by atoms with E-state index in [0.29, 0.717) is 0 Å². The zero-order valence-corrected chi connectivity index (χ0v) is 14.4. The van der Waals surface area contributed by atoms with Crippen molar-refractivity contribution in [2.75, 3.05) is 0 Å². The molecule has 5 rings (SSSR count). The molecule has 0 amide bonds. The van der Waals surface area contributed by atoms with Crippen LogP contribution >= 0.6 is 11.3 Å². The maximum Gasteiger partial charge on any atom is 0.381 e. The molecule has 3 heteroatoms. The highest BCUT2D eigenvalue weighted by Gasteiger charge is 2.23. The number of thiophene rings is 1. The van der Waals surface area contributed by atoms with Gasteiger partial charge in [-0.15, -0.1) is 11.3 Å². The fraction of sp³-hybridized carbons (Fsp3) is 0.0952. The van der Waals surface area contributed by atoms with E-state index in [1.165, 1.54) is 25.7 Å². The Balaban J connectivity index is 1.86. The lowest BCUT2D eigenvalue weighted by atomic mass is 10.1. The van der Waals surface area contributed by atoms with Crippen LogP contribution in [-0.2, 0) is 7.05 Å². The molecule has 2 nitrogen and oxygen atoms in total. The first-order chi connectivity index (χ1) is 11.7. The Kier molecular flexibility index (Phi) is 2.82. The van der Waals surface area contributed by atoms with Gasteiger partial charge in [0.15, 0.2) is 0 Å². The maximum absolute atomic E-state index is 6.24. The minimum atomic E-state index is 0.907. The van der Waals surface area contributed by atoms with Crippen LogP contribution in [0.1, 0.15) is 5.56 Å². The lowest BCUT2D eigenvalue weighted by Crippen LogP contribution is -2.28. The normalized spacial score (nSPS) is 11.8. The quantitative estimate of drug-likeness (QED) is 0.366. The summed E-state index contributed by atoms with van der Waals surface area (Å²) < 4.78 is 11.0. The Morgan fingerprint density at radius 1 is 0.875 bits per heavy atom. The summed E-state index contributed by atoms with van der Waals surface area (Å²) in [4.78, 5) is 0. The molecule has 0 unspecified atom stereocenters. The van der Waals surface area contributed by atoms with Crippen molar-refractivity contribution in [1.82, 2.24) is 0 Å². The van der Waals surface area contributed by atoms with Gasteiger partial charge in [-0.25, -0.2) is 0 Å². The fourth-order valence-electron chi connectivity index (χ4n) is 3.42. The minimum Gasteiger partial charge on any atom is -0.397 e. The first kappa shape index (κ1) is 13.8. The van der Waals surface area contributed by atoms with Crippen LogP contribution < -0.4 is 4.57 Å². The van der Waals surface area contributed by atoms with Gasteiger partial charge in [-0.05, 0) is 24.6 Å². The van der Waals surface area contributed by atoms with Crippen molar-refractivity contribution in [1.29, 1.82) is 0 Å². The molecule has 0 saturated carbocycles. The number of benzene rings is 3. The van der Waals surface area contributed by atoms with E-state index >= 15 is 0 Å². The second-order valence-electron chi connectivity index (χ2n) is 6.20. The predicted octanol–water partition coefficient (Wildman–Crippen LogP) is 5.60. The first-order valence-electron chi connectivity index (χ1n) is 8.02. The van der Waals surface area contributed by atoms with Gasteiger partial charge in [-0.2, -0.15) is 4.57 Å². The van der Waals surface area contributed by atoms with Crippen molar-refractivity contribution in [2.45, 2.75) is 6.92 Å². The van der Waals surface area contributed by atoms with Gasteiger partial charge in [0.05, 0.1) is 5.56 Å². The SMILES string of the molecule is Cc1ccccc1-c1oc2cc3sc4ccccc4c3cc2[n+]1C. The van der Waals surface area contributed by atoms with E-state index in [0.717, 1.165) is 22.6 Å². The van der Waals surface area contributed by atoms with E-state index in [4.69, 9.17) is 4.42 Å². The predicted molar refractivity (Wildman–Crippen MR) is 100 cm³/mol. The number of nitrogens with zero attached hydrogens (tertiary/aromatic N) is 1. The molecule has 0 bridgehead atoms. The van der Waals surface area contributed by atoms with Crippen LogP contribution in [0.25, 0.3) is 42.7 Å². The van der Waals surface area contributed by atoms with E-state index < -0.39 is 0 Å². The van der Waals surface area contributed by atoms with Gasteiger partial charge in [-0.3, -0.25) is 0 Å². The summed E-state index contributed by atoms with van der Waals surface area (Å²) in [5, 5.41) is 2.62. The smallest absolute Gasteiger partial charge is 0.381 e. The molecule has 2 aromatic heterocycles. The van der Waals surface area contributed by atoms with Crippen molar-refractivity contribution >= 4 is 42.6 Å². The van der Waals surface area contributed by atoms with Crippen LogP contribution in [0, 0.1) is 6.92 Å². The van der Waals surface area contributed by atoms with Crippen LogP contribution in [0.15, 0.2) is 65.1 Å². The molecule has 0 atom stereocenters. The van der Waals surface area contributed by atoms with Gasteiger partial charge in [0.25, 0.3) is 5.52 Å². The average Bonchev–Trinajstić information content (AvgIpc) is 3.11. The highest BCUT2D eigenvalue weighted by molar-refractivity contribution is 7.25. The third-order valence-corrected chi connectivity index (χ3v) is 5.84. The van der Waals surface area contributed by atoms with Crippen LogP contribution in [0.3, 0.4) is 0 Å². The van der Waals surface area contributed by atoms with Gasteiger partial charge in [0.1, 0.15) is 7.05 Å². The Labute approximate surface area is 143 Å². The third-order valence-electron chi connectivity index (χ3n) is 4.71. The Hall–Kier alpha value is -2.65. The molecule has 0 radical (unpaired) electrons. The standard InChI is InChI=1S/C21H16NOS/c1-13-7-3-4-8-14(13)21-22(2)17-11-16-15-9-5-6-10-19(15)24-20(16)12-18(17)23-21/h3-12H,1-2H3/q+1. The average molecular weight is 330 g/mol. The maximum atomic E-state index is 6.24. The van der Waals surface area contributed by atoms with Crippen LogP contribution in [0.4, 0.5) is 0 Å². The molecule has 2 heterocycles. The first-order valence-corrected chi connectivity index (χ1v) is 8.84. The van der Waals surface area contributed by atoms with Crippen LogP contribution in [0.2, 0.25) is 0 Å². The highest BCUT2D eigenvalue weighted by Crippen LogP contribution is 2.36. The summed E-state index contributed by atoms with van der Waals surface area (Å²) in [5.41, 5.74) is 4.43. The van der Waals surface area contributed by atoms with E-state index in [1.54, 1.807) is 0 Å². The van der Waals surface area contributed by atoms with Crippen molar-refractivity contribution in [3.05, 3.63) is 66.2 Å². The highest BCUT2D eigenvalue weighted by atomic mass is 32.1. The van der Waals surface area contributed by atoms with Gasteiger partial charge in [-0.1, -0.05) is 36.4 Å². The summed E-state index contributed by atoms with van der Waals surface area (Å²) in [6.45, 7) is 2.12. The Morgan fingerprint density at radius 3 is 2.54 bits per heavy atom. The van der Waals surface area contributed by atoms with Gasteiger partial charge < -0.3 is 4.42 Å². The molecular formula is C21H16NOS+. The van der Waals surface area contributed by atoms with E-state index in [1.807, 2.05) is 11.3 Å². The second kappa shape index (κ2) is 4.92. The molecule has 0 saturated heterocycles. The van der Waals surface area contributed by atoms with Crippen LogP contribution in [-0.4, -0.2) is 0 Å². The van der Waals surface area contributed by atoms with E-state index in [2.05, 4.69) is 79.2 Å². The molecule has 0 aliphatic carbocycles. The summed E-state index contributed by atoms with van der Waals surface area (Å²) in [7, 11) is 2.08. The summed E-state index contributed by atoms with van der Waals surface area (Å²) in [6, 6.07) is 21.4. The zero-order chi connectivity index (χ0) is 16.3. The topological polar surface area (TPSA) is 17.0 Å². The lowest BCUT2D eigenvalue weighted by Gasteiger charge is -1.97. The molecule has 0 spiro atoms. The van der Waals surface area contributed by atoms with E-state index in [9.17, 15) is 0 Å². The van der Waals surface area contributed by atoms with Gasteiger partial charge in [0.2, 0.25) is 5.58 Å². The zero-order valence-electron chi connectivity index (χ0n) is 13.5. The summed E-state index contributed by atoms with van der Waals surface area (Å²) in [6.07, 6.45) is 0. The largest absolute Gasteiger partial charge is 0.397 e. The van der Waals surface area contributed by atoms with Crippen molar-refractivity contribution in [3.63, 3.8) is 0 Å². The number of hydrogen-bond acceptors (Lipinski definition) is 2. The Bertz CT molecular complexity index is 1230. The van der Waals surface area contributed by atoms with Gasteiger partial charge in [0, 0.05) is 32.3 Å². The molecule has 0 fully saturated rings. The number of aryl methyl sites for hydroxylation is 2.